The van der Waals surface area contributed by atoms with Gasteiger partial charge in [0.05, 0.1) is 0 Å². The molecule has 1 aliphatic rings. The molecule has 82 valence electrons. The molecule has 0 saturated carbocycles. The van der Waals surface area contributed by atoms with Gasteiger partial charge in [-0.3, -0.25) is 0 Å². The molecule has 0 amide bonds. The second kappa shape index (κ2) is 5.71. The number of benzene rings is 1. The zero-order chi connectivity index (χ0) is 10.5. The Kier molecular flexibility index (Phi) is 4.27. The molecule has 0 aromatic heterocycles. The molecule has 0 bridgehead atoms. The maximum Gasteiger partial charge on any atom is 0.0366 e. The summed E-state index contributed by atoms with van der Waals surface area (Å²) in [4.78, 5) is 3.85. The molecule has 0 N–H and O–H groups in total. The molecule has 1 aromatic rings. The highest BCUT2D eigenvalue weighted by Gasteiger charge is 2.10. The molecular formula is C12H17NS2. The van der Waals surface area contributed by atoms with Gasteiger partial charge in [0.25, 0.3) is 0 Å². The van der Waals surface area contributed by atoms with Gasteiger partial charge in [-0.25, -0.2) is 0 Å². The third-order valence-corrected chi connectivity index (χ3v) is 4.45. The Hall–Kier alpha value is -0.280. The van der Waals surface area contributed by atoms with Crippen molar-refractivity contribution in [1.29, 1.82) is 0 Å². The van der Waals surface area contributed by atoms with Crippen molar-refractivity contribution in [2.75, 3.05) is 24.2 Å². The molecule has 1 saturated heterocycles. The second-order valence-electron chi connectivity index (χ2n) is 3.79. The van der Waals surface area contributed by atoms with E-state index in [0.29, 0.717) is 0 Å². The summed E-state index contributed by atoms with van der Waals surface area (Å²) in [6.45, 7) is 2.46. The summed E-state index contributed by atoms with van der Waals surface area (Å²) in [5.41, 5.74) is 1.39. The average Bonchev–Trinajstić information content (AvgIpc) is 2.32. The van der Waals surface area contributed by atoms with E-state index >= 15 is 0 Å². The minimum atomic E-state index is 1.23. The van der Waals surface area contributed by atoms with Gasteiger partial charge in [0, 0.05) is 23.7 Å². The van der Waals surface area contributed by atoms with Gasteiger partial charge < -0.3 is 4.90 Å². The Morgan fingerprint density at radius 3 is 2.27 bits per heavy atom. The van der Waals surface area contributed by atoms with Crippen LogP contribution >= 0.6 is 21.6 Å². The average molecular weight is 239 g/mol. The highest BCUT2D eigenvalue weighted by atomic mass is 33.1. The first-order valence-corrected chi connectivity index (χ1v) is 8.01. The van der Waals surface area contributed by atoms with E-state index in [-0.39, 0.29) is 0 Å². The second-order valence-corrected chi connectivity index (χ2v) is 6.26. The van der Waals surface area contributed by atoms with E-state index in [0.717, 1.165) is 0 Å². The van der Waals surface area contributed by atoms with Crippen molar-refractivity contribution < 1.29 is 0 Å². The smallest absolute Gasteiger partial charge is 0.0366 e. The Labute approximate surface area is 100 Å². The van der Waals surface area contributed by atoms with Crippen molar-refractivity contribution >= 4 is 27.3 Å². The van der Waals surface area contributed by atoms with Crippen LogP contribution in [0, 0.1) is 0 Å². The van der Waals surface area contributed by atoms with Crippen LogP contribution < -0.4 is 4.90 Å². The van der Waals surface area contributed by atoms with Crippen LogP contribution in [0.15, 0.2) is 29.2 Å². The number of hydrogen-bond acceptors (Lipinski definition) is 3. The van der Waals surface area contributed by atoms with E-state index in [1.54, 1.807) is 10.8 Å². The fourth-order valence-electron chi connectivity index (χ4n) is 1.96. The zero-order valence-electron chi connectivity index (χ0n) is 9.11. The molecule has 0 atom stereocenters. The van der Waals surface area contributed by atoms with Crippen LogP contribution in [0.3, 0.4) is 0 Å². The number of hydrogen-bond donors (Lipinski definition) is 0. The Morgan fingerprint density at radius 2 is 1.67 bits per heavy atom. The quantitative estimate of drug-likeness (QED) is 0.733. The summed E-state index contributed by atoms with van der Waals surface area (Å²) >= 11 is 0. The Bertz CT molecular complexity index is 291. The van der Waals surface area contributed by atoms with E-state index in [1.807, 2.05) is 10.8 Å². The van der Waals surface area contributed by atoms with Crippen LogP contribution in [0.4, 0.5) is 5.69 Å². The SMILES string of the molecule is CSSc1ccc(N2CCCCC2)cc1. The summed E-state index contributed by atoms with van der Waals surface area (Å²) in [7, 11) is 3.63. The number of rotatable bonds is 3. The maximum atomic E-state index is 2.50. The van der Waals surface area contributed by atoms with Crippen molar-refractivity contribution in [1.82, 2.24) is 0 Å². The minimum Gasteiger partial charge on any atom is -0.372 e. The third kappa shape index (κ3) is 3.08. The molecular weight excluding hydrogens is 222 g/mol. The van der Waals surface area contributed by atoms with E-state index in [1.165, 1.54) is 42.9 Å². The Balaban J connectivity index is 2.02. The van der Waals surface area contributed by atoms with Crippen molar-refractivity contribution in [3.63, 3.8) is 0 Å². The lowest BCUT2D eigenvalue weighted by Gasteiger charge is -2.28. The molecule has 0 aliphatic carbocycles. The van der Waals surface area contributed by atoms with Crippen molar-refractivity contribution in [2.45, 2.75) is 24.2 Å². The third-order valence-electron chi connectivity index (χ3n) is 2.74. The molecule has 15 heavy (non-hydrogen) atoms. The summed E-state index contributed by atoms with van der Waals surface area (Å²) < 4.78 is 0. The first-order valence-electron chi connectivity index (χ1n) is 5.46. The lowest BCUT2D eigenvalue weighted by Crippen LogP contribution is -2.29. The van der Waals surface area contributed by atoms with E-state index in [2.05, 4.69) is 35.4 Å². The van der Waals surface area contributed by atoms with Crippen LogP contribution in [0.25, 0.3) is 0 Å². The van der Waals surface area contributed by atoms with E-state index in [9.17, 15) is 0 Å². The summed E-state index contributed by atoms with van der Waals surface area (Å²) in [6, 6.07) is 8.96. The van der Waals surface area contributed by atoms with Gasteiger partial charge >= 0.3 is 0 Å². The van der Waals surface area contributed by atoms with Crippen molar-refractivity contribution in [2.24, 2.45) is 0 Å². The Morgan fingerprint density at radius 1 is 1.00 bits per heavy atom. The van der Waals surface area contributed by atoms with Gasteiger partial charge in [-0.2, -0.15) is 0 Å². The number of anilines is 1. The topological polar surface area (TPSA) is 3.24 Å². The molecule has 1 aromatic carbocycles. The molecule has 1 aliphatic heterocycles. The molecule has 1 nitrogen and oxygen atoms in total. The molecule has 0 radical (unpaired) electrons. The molecule has 2 rings (SSSR count). The highest BCUT2D eigenvalue weighted by Crippen LogP contribution is 2.30. The fourth-order valence-corrected chi connectivity index (χ4v) is 3.31. The summed E-state index contributed by atoms with van der Waals surface area (Å²) in [5, 5.41) is 0. The van der Waals surface area contributed by atoms with Crippen LogP contribution in [0.1, 0.15) is 19.3 Å². The van der Waals surface area contributed by atoms with Crippen molar-refractivity contribution in [3.05, 3.63) is 24.3 Å². The van der Waals surface area contributed by atoms with E-state index < -0.39 is 0 Å². The monoisotopic (exact) mass is 239 g/mol. The molecule has 0 spiro atoms. The predicted octanol–water partition coefficient (Wildman–Crippen LogP) is 4.05. The number of nitrogens with zero attached hydrogens (tertiary/aromatic N) is 1. The summed E-state index contributed by atoms with van der Waals surface area (Å²) in [6.07, 6.45) is 6.21. The van der Waals surface area contributed by atoms with Crippen LogP contribution in [-0.2, 0) is 0 Å². The van der Waals surface area contributed by atoms with Gasteiger partial charge in [0.15, 0.2) is 0 Å². The van der Waals surface area contributed by atoms with E-state index in [4.69, 9.17) is 0 Å². The predicted molar refractivity (Wildman–Crippen MR) is 71.9 cm³/mol. The lowest BCUT2D eigenvalue weighted by atomic mass is 10.1. The highest BCUT2D eigenvalue weighted by molar-refractivity contribution is 8.76. The maximum absolute atomic E-state index is 2.50. The fraction of sp³-hybridized carbons (Fsp3) is 0.500. The first-order chi connectivity index (χ1) is 7.40. The van der Waals surface area contributed by atoms with Gasteiger partial charge in [0.1, 0.15) is 0 Å². The molecule has 0 unspecified atom stereocenters. The lowest BCUT2D eigenvalue weighted by molar-refractivity contribution is 0.578. The summed E-state index contributed by atoms with van der Waals surface area (Å²) in [5.74, 6) is 0. The molecule has 3 heteroatoms. The largest absolute Gasteiger partial charge is 0.372 e. The molecule has 1 heterocycles. The number of piperidine rings is 1. The van der Waals surface area contributed by atoms with Gasteiger partial charge in [-0.05, 0) is 49.8 Å². The van der Waals surface area contributed by atoms with Crippen molar-refractivity contribution in [3.8, 4) is 0 Å². The van der Waals surface area contributed by atoms with Gasteiger partial charge in [0.2, 0.25) is 0 Å². The zero-order valence-corrected chi connectivity index (χ0v) is 10.7. The van der Waals surface area contributed by atoms with Gasteiger partial charge in [-0.1, -0.05) is 21.6 Å². The minimum absolute atomic E-state index is 1.23. The van der Waals surface area contributed by atoms with Crippen LogP contribution in [0.5, 0.6) is 0 Å². The normalized spacial score (nSPS) is 16.7. The van der Waals surface area contributed by atoms with Gasteiger partial charge in [-0.15, -0.1) is 0 Å². The first kappa shape index (κ1) is 11.2. The van der Waals surface area contributed by atoms with Crippen LogP contribution in [0.2, 0.25) is 0 Å². The standard InChI is InChI=1S/C12H17NS2/c1-14-15-12-7-5-11(6-8-12)13-9-3-2-4-10-13/h5-8H,2-4,9-10H2,1H3. The van der Waals surface area contributed by atoms with Crippen LogP contribution in [-0.4, -0.2) is 19.3 Å². The molecule has 1 fully saturated rings.